The molecule has 2 aromatic carbocycles. The maximum absolute atomic E-state index is 13.9. The summed E-state index contributed by atoms with van der Waals surface area (Å²) in [6.07, 6.45) is 10.4. The predicted octanol–water partition coefficient (Wildman–Crippen LogP) is 9.40. The number of hydrogen-bond donors (Lipinski definition) is 4. The Morgan fingerprint density at radius 2 is 1.10 bits per heavy atom. The molecule has 484 valence electrons. The summed E-state index contributed by atoms with van der Waals surface area (Å²) in [7, 11) is 0. The number of cyclic esters (lactones) is 2. The number of fused-ring (bicyclic) bond motifs is 10. The lowest BCUT2D eigenvalue weighted by Crippen LogP contribution is -2.65. The largest absolute Gasteiger partial charge is 0.458 e. The third-order valence-electron chi connectivity index (χ3n) is 26.9. The predicted molar refractivity (Wildman–Crippen MR) is 322 cm³/mol. The number of carbonyl (C=O) groups is 4. The van der Waals surface area contributed by atoms with Gasteiger partial charge in [-0.25, -0.2) is 19.2 Å². The van der Waals surface area contributed by atoms with Gasteiger partial charge in [-0.1, -0.05) is 71.0 Å². The van der Waals surface area contributed by atoms with Crippen LogP contribution >= 0.6 is 0 Å². The Bertz CT molecular complexity index is 3060. The standard InChI is InChI=1S/C72H94O17/c1-40-60(89-62(76)42-14-10-7-11-15-42)57(88-61(75)41-12-8-6-9-13-41)39-84-65(40)86-46-20-28-68(3)44(34-46)17-19-54-52(68)23-30-70(5)55(49-26-33-82-64(49)78)36-45(72(54,70)80)37-83-56-38-85-66(59(74)58(56)73)87-47-21-27-67(2)43(35-47)16-18-53-51(67)22-29-69(4)50(24-31-71(53,69)79)48-25-32-81-63(48)77/h6-15,25-26,40,43-47,50-60,65-66,73-74,79-80H,16-24,27-39H2,1-5H3. The van der Waals surface area contributed by atoms with E-state index in [9.17, 15) is 39.6 Å². The van der Waals surface area contributed by atoms with E-state index in [4.69, 9.17) is 42.6 Å². The van der Waals surface area contributed by atoms with Gasteiger partial charge in [0.25, 0.3) is 0 Å². The van der Waals surface area contributed by atoms with Crippen LogP contribution in [0.5, 0.6) is 0 Å². The molecule has 10 fully saturated rings. The Kier molecular flexibility index (Phi) is 16.3. The van der Waals surface area contributed by atoms with Crippen molar-refractivity contribution >= 4 is 23.9 Å². The fraction of sp³-hybridized carbons (Fsp3) is 0.722. The summed E-state index contributed by atoms with van der Waals surface area (Å²) in [5.41, 5.74) is -1.07. The number of ether oxygens (including phenoxy) is 9. The summed E-state index contributed by atoms with van der Waals surface area (Å²) in [4.78, 5) is 53.2. The molecule has 4 aliphatic heterocycles. The second-order valence-corrected chi connectivity index (χ2v) is 30.5. The topological polar surface area (TPSA) is 232 Å². The zero-order valence-electron chi connectivity index (χ0n) is 52.6. The Balaban J connectivity index is 0.614. The quantitative estimate of drug-likeness (QED) is 0.0831. The van der Waals surface area contributed by atoms with Crippen LogP contribution in [0, 0.1) is 80.8 Å². The second kappa shape index (κ2) is 23.5. The normalized spacial score (nSPS) is 47.4. The van der Waals surface area contributed by atoms with Gasteiger partial charge in [0, 0.05) is 33.8 Å². The fourth-order valence-corrected chi connectivity index (χ4v) is 21.9. The molecule has 0 spiro atoms. The van der Waals surface area contributed by atoms with Gasteiger partial charge in [-0.05, 0) is 204 Å². The number of rotatable bonds is 13. The van der Waals surface area contributed by atoms with E-state index in [1.54, 1.807) is 48.5 Å². The van der Waals surface area contributed by atoms with Gasteiger partial charge in [0.1, 0.15) is 37.6 Å². The summed E-state index contributed by atoms with van der Waals surface area (Å²) in [6.45, 7) is 11.7. The molecule has 25 atom stereocenters. The van der Waals surface area contributed by atoms with Crippen molar-refractivity contribution in [2.24, 2.45) is 80.8 Å². The molecule has 8 aliphatic carbocycles. The summed E-state index contributed by atoms with van der Waals surface area (Å²) in [5.74, 6) is -1.49. The lowest BCUT2D eigenvalue weighted by molar-refractivity contribution is -0.299. The van der Waals surface area contributed by atoms with E-state index in [0.717, 1.165) is 95.5 Å². The molecule has 4 N–H and O–H groups in total. The van der Waals surface area contributed by atoms with Crippen molar-refractivity contribution in [1.82, 2.24) is 0 Å². The van der Waals surface area contributed by atoms with Gasteiger partial charge >= 0.3 is 23.9 Å². The number of hydrogen-bond acceptors (Lipinski definition) is 17. The molecular weight excluding hydrogens is 1140 g/mol. The molecule has 8 saturated carbocycles. The summed E-state index contributed by atoms with van der Waals surface area (Å²) < 4.78 is 56.0. The van der Waals surface area contributed by atoms with Gasteiger partial charge in [0.2, 0.25) is 0 Å². The lowest BCUT2D eigenvalue weighted by atomic mass is 9.42. The van der Waals surface area contributed by atoms with E-state index in [-0.39, 0.29) is 102 Å². The molecule has 2 saturated heterocycles. The van der Waals surface area contributed by atoms with E-state index in [2.05, 4.69) is 27.7 Å². The van der Waals surface area contributed by atoms with Crippen LogP contribution < -0.4 is 0 Å². The number of aliphatic hydroxyl groups excluding tert-OH is 2. The minimum Gasteiger partial charge on any atom is -0.458 e. The second-order valence-electron chi connectivity index (χ2n) is 30.5. The van der Waals surface area contributed by atoms with E-state index in [1.807, 2.05) is 31.2 Å². The Morgan fingerprint density at radius 1 is 0.562 bits per heavy atom. The number of carbonyl (C=O) groups excluding carboxylic acids is 4. The fourth-order valence-electron chi connectivity index (χ4n) is 21.9. The average Bonchev–Trinajstić information content (AvgIpc) is 1.62. The molecule has 17 nitrogen and oxygen atoms in total. The van der Waals surface area contributed by atoms with Crippen molar-refractivity contribution < 1.29 is 82.2 Å². The van der Waals surface area contributed by atoms with Gasteiger partial charge in [-0.15, -0.1) is 0 Å². The smallest absolute Gasteiger partial charge is 0.338 e. The first-order valence-electron chi connectivity index (χ1n) is 33.9. The van der Waals surface area contributed by atoms with Crippen molar-refractivity contribution in [3.8, 4) is 0 Å². The van der Waals surface area contributed by atoms with E-state index < -0.39 is 83.5 Å². The third-order valence-corrected chi connectivity index (χ3v) is 26.9. The first-order chi connectivity index (χ1) is 42.7. The van der Waals surface area contributed by atoms with Gasteiger partial charge < -0.3 is 63.1 Å². The van der Waals surface area contributed by atoms with Gasteiger partial charge in [0.05, 0.1) is 54.4 Å². The Morgan fingerprint density at radius 3 is 1.71 bits per heavy atom. The zero-order chi connectivity index (χ0) is 62.0. The number of benzene rings is 2. The maximum Gasteiger partial charge on any atom is 0.338 e. The van der Waals surface area contributed by atoms with Crippen LogP contribution in [0.2, 0.25) is 0 Å². The van der Waals surface area contributed by atoms with Crippen LogP contribution in [-0.2, 0) is 52.2 Å². The minimum atomic E-state index is -1.37. The van der Waals surface area contributed by atoms with Gasteiger partial charge in [-0.3, -0.25) is 0 Å². The number of esters is 4. The third kappa shape index (κ3) is 10.1. The Hall–Kier alpha value is -4.56. The van der Waals surface area contributed by atoms with E-state index in [0.29, 0.717) is 54.4 Å². The van der Waals surface area contributed by atoms with Crippen LogP contribution in [0.4, 0.5) is 0 Å². The van der Waals surface area contributed by atoms with Crippen LogP contribution in [0.1, 0.15) is 164 Å². The van der Waals surface area contributed by atoms with Crippen LogP contribution in [0.25, 0.3) is 0 Å². The molecule has 25 unspecified atom stereocenters. The SMILES string of the molecule is CC1C(OC2CCC3(C)C(CCC4C3CCC3(C)C(C5=CCOC5=O)CC(COC5COC(OC6CCC7(C)C(CCC8C7CCC7(C)C(C9=CCOC9=O)CCC87O)C6)C(O)C5O)C43O)C2)OCC(OC(=O)c2ccccc2)C1OC(=O)c1ccccc1. The molecule has 89 heavy (non-hydrogen) atoms. The van der Waals surface area contributed by atoms with Crippen LogP contribution in [0.3, 0.4) is 0 Å². The highest BCUT2D eigenvalue weighted by Gasteiger charge is 2.72. The van der Waals surface area contributed by atoms with Gasteiger partial charge in [-0.2, -0.15) is 0 Å². The molecule has 12 aliphatic rings. The van der Waals surface area contributed by atoms with Crippen molar-refractivity contribution in [2.75, 3.05) is 33.0 Å². The highest BCUT2D eigenvalue weighted by molar-refractivity contribution is 5.92. The average molecular weight is 1230 g/mol. The number of aliphatic hydroxyl groups is 4. The molecule has 0 aromatic heterocycles. The molecule has 0 bridgehead atoms. The van der Waals surface area contributed by atoms with Crippen molar-refractivity contribution in [3.05, 3.63) is 95.1 Å². The van der Waals surface area contributed by atoms with E-state index in [1.165, 1.54) is 0 Å². The molecular formula is C72H94O17. The van der Waals surface area contributed by atoms with E-state index >= 15 is 0 Å². The lowest BCUT2D eigenvalue weighted by Gasteiger charge is -2.64. The van der Waals surface area contributed by atoms with Gasteiger partial charge in [0.15, 0.2) is 18.7 Å². The molecule has 17 heteroatoms. The molecule has 0 amide bonds. The first kappa shape index (κ1) is 61.9. The molecule has 0 radical (unpaired) electrons. The minimum absolute atomic E-state index is 0.00168. The molecule has 4 heterocycles. The van der Waals surface area contributed by atoms with Crippen LogP contribution in [-0.4, -0.2) is 144 Å². The molecule has 2 aromatic rings. The highest BCUT2D eigenvalue weighted by atomic mass is 16.7. The monoisotopic (exact) mass is 1230 g/mol. The van der Waals surface area contributed by atoms with Crippen molar-refractivity contribution in [3.63, 3.8) is 0 Å². The zero-order valence-corrected chi connectivity index (χ0v) is 52.6. The highest BCUT2D eigenvalue weighted by Crippen LogP contribution is 2.73. The Labute approximate surface area is 523 Å². The van der Waals surface area contributed by atoms with Crippen molar-refractivity contribution in [1.29, 1.82) is 0 Å². The van der Waals surface area contributed by atoms with Crippen molar-refractivity contribution in [2.45, 2.75) is 210 Å². The first-order valence-corrected chi connectivity index (χ1v) is 33.9. The maximum atomic E-state index is 13.9. The summed E-state index contributed by atoms with van der Waals surface area (Å²) >= 11 is 0. The summed E-state index contributed by atoms with van der Waals surface area (Å²) in [5, 5.41) is 50.4. The molecule has 14 rings (SSSR count). The van der Waals surface area contributed by atoms with Crippen LogP contribution in [0.15, 0.2) is 84.0 Å². The summed E-state index contributed by atoms with van der Waals surface area (Å²) in [6, 6.07) is 17.5.